The third-order valence-corrected chi connectivity index (χ3v) is 2.28. The molecule has 98 valence electrons. The predicted octanol–water partition coefficient (Wildman–Crippen LogP) is 2.51. The van der Waals surface area contributed by atoms with Crippen molar-refractivity contribution >= 4 is 12.0 Å². The van der Waals surface area contributed by atoms with Gasteiger partial charge in [-0.2, -0.15) is 4.39 Å². The summed E-state index contributed by atoms with van der Waals surface area (Å²) in [5.41, 5.74) is 0.149. The van der Waals surface area contributed by atoms with Gasteiger partial charge in [-0.15, -0.1) is 0 Å². The van der Waals surface area contributed by atoms with Crippen LogP contribution in [0.4, 0.5) is 8.78 Å². The van der Waals surface area contributed by atoms with Crippen LogP contribution in [-0.2, 0) is 4.79 Å². The lowest BCUT2D eigenvalue weighted by atomic mass is 10.1. The Bertz CT molecular complexity index is 459. The van der Waals surface area contributed by atoms with Crippen molar-refractivity contribution in [3.8, 4) is 5.75 Å². The molecular weight excluding hydrogens is 240 g/mol. The fraction of sp³-hybridized carbons (Fsp3) is 0.308. The van der Waals surface area contributed by atoms with Gasteiger partial charge in [0, 0.05) is 19.0 Å². The number of carbonyl (C=O) groups excluding carboxylic acids is 1. The van der Waals surface area contributed by atoms with Crippen molar-refractivity contribution in [2.24, 2.45) is 0 Å². The van der Waals surface area contributed by atoms with Gasteiger partial charge in [-0.3, -0.25) is 4.79 Å². The van der Waals surface area contributed by atoms with Gasteiger partial charge in [0.25, 0.3) is 0 Å². The van der Waals surface area contributed by atoms with Gasteiger partial charge in [0.05, 0.1) is 7.11 Å². The van der Waals surface area contributed by atoms with Crippen molar-refractivity contribution in [1.82, 2.24) is 5.32 Å². The van der Waals surface area contributed by atoms with Crippen molar-refractivity contribution in [1.29, 1.82) is 0 Å². The van der Waals surface area contributed by atoms with E-state index in [1.54, 1.807) is 6.08 Å². The van der Waals surface area contributed by atoms with Gasteiger partial charge >= 0.3 is 0 Å². The van der Waals surface area contributed by atoms with Gasteiger partial charge in [-0.25, -0.2) is 4.39 Å². The van der Waals surface area contributed by atoms with Gasteiger partial charge in [-0.1, -0.05) is 12.2 Å². The summed E-state index contributed by atoms with van der Waals surface area (Å²) in [4.78, 5) is 10.6. The molecule has 0 saturated carbocycles. The summed E-state index contributed by atoms with van der Waals surface area (Å²) in [5.74, 6) is -2.18. The van der Waals surface area contributed by atoms with Crippen molar-refractivity contribution < 1.29 is 18.3 Å². The maximum atomic E-state index is 13.5. The molecule has 0 bridgehead atoms. The van der Waals surface area contributed by atoms with Crippen molar-refractivity contribution in [3.05, 3.63) is 35.4 Å². The molecule has 0 heterocycles. The largest absolute Gasteiger partial charge is 0.494 e. The Morgan fingerprint density at radius 1 is 1.39 bits per heavy atom. The smallest absolute Gasteiger partial charge is 0.216 e. The molecule has 0 aliphatic rings. The molecule has 5 heteroatoms. The molecule has 0 saturated heterocycles. The molecule has 0 unspecified atom stereocenters. The van der Waals surface area contributed by atoms with Gasteiger partial charge in [0.15, 0.2) is 11.6 Å². The van der Waals surface area contributed by atoms with Crippen LogP contribution < -0.4 is 10.1 Å². The van der Waals surface area contributed by atoms with Gasteiger partial charge < -0.3 is 10.1 Å². The highest BCUT2D eigenvalue weighted by molar-refractivity contribution is 5.72. The van der Waals surface area contributed by atoms with E-state index in [2.05, 4.69) is 10.1 Å². The molecule has 1 amide bonds. The van der Waals surface area contributed by atoms with E-state index in [0.29, 0.717) is 13.0 Å². The Hall–Kier alpha value is -1.91. The summed E-state index contributed by atoms with van der Waals surface area (Å²) in [7, 11) is 1.28. The maximum Gasteiger partial charge on any atom is 0.216 e. The van der Waals surface area contributed by atoms with E-state index >= 15 is 0 Å². The van der Waals surface area contributed by atoms with Crippen LogP contribution >= 0.6 is 0 Å². The molecule has 0 radical (unpaired) electrons. The number of benzene rings is 1. The first-order chi connectivity index (χ1) is 8.56. The van der Waals surface area contributed by atoms with Crippen molar-refractivity contribution in [2.75, 3.05) is 13.7 Å². The van der Waals surface area contributed by atoms with Crippen molar-refractivity contribution in [3.63, 3.8) is 0 Å². The maximum absolute atomic E-state index is 13.5. The molecule has 0 fully saturated rings. The van der Waals surface area contributed by atoms with Gasteiger partial charge in [-0.05, 0) is 18.6 Å². The topological polar surface area (TPSA) is 38.3 Å². The average molecular weight is 255 g/mol. The van der Waals surface area contributed by atoms with Crippen LogP contribution in [0.25, 0.3) is 6.08 Å². The minimum atomic E-state index is -0.999. The summed E-state index contributed by atoms with van der Waals surface area (Å²) < 4.78 is 31.5. The molecule has 0 atom stereocenters. The molecule has 0 aromatic heterocycles. The Kier molecular flexibility index (Phi) is 5.30. The molecular formula is C13H15F2NO2. The SMILES string of the molecule is COc1ccc(C=CCCNC(C)=O)c(F)c1F. The first-order valence-electron chi connectivity index (χ1n) is 5.49. The lowest BCUT2D eigenvalue weighted by Crippen LogP contribution is -2.20. The third-order valence-electron chi connectivity index (χ3n) is 2.28. The molecule has 0 aliphatic heterocycles. The Labute approximate surface area is 104 Å². The van der Waals surface area contributed by atoms with Crippen LogP contribution in [0.1, 0.15) is 18.9 Å². The number of halogens is 2. The highest BCUT2D eigenvalue weighted by atomic mass is 19.2. The van der Waals surface area contributed by atoms with E-state index in [1.807, 2.05) is 0 Å². The van der Waals surface area contributed by atoms with Crippen LogP contribution in [0.3, 0.4) is 0 Å². The monoisotopic (exact) mass is 255 g/mol. The first-order valence-corrected chi connectivity index (χ1v) is 5.49. The second-order valence-corrected chi connectivity index (χ2v) is 3.66. The van der Waals surface area contributed by atoms with Crippen LogP contribution in [0.2, 0.25) is 0 Å². The third kappa shape index (κ3) is 3.84. The lowest BCUT2D eigenvalue weighted by Gasteiger charge is -2.04. The van der Waals surface area contributed by atoms with Crippen molar-refractivity contribution in [2.45, 2.75) is 13.3 Å². The van der Waals surface area contributed by atoms with Gasteiger partial charge in [0.2, 0.25) is 11.7 Å². The lowest BCUT2D eigenvalue weighted by molar-refractivity contribution is -0.118. The van der Waals surface area contributed by atoms with E-state index in [0.717, 1.165) is 0 Å². The summed E-state index contributed by atoms with van der Waals surface area (Å²) in [6, 6.07) is 2.80. The normalized spacial score (nSPS) is 10.7. The zero-order valence-corrected chi connectivity index (χ0v) is 10.3. The van der Waals surface area contributed by atoms with E-state index in [-0.39, 0.29) is 17.2 Å². The minimum absolute atomic E-state index is 0.120. The molecule has 0 spiro atoms. The molecule has 0 aliphatic carbocycles. The van der Waals surface area contributed by atoms with Crippen LogP contribution in [-0.4, -0.2) is 19.6 Å². The molecule has 1 aromatic rings. The number of rotatable bonds is 5. The average Bonchev–Trinajstić information content (AvgIpc) is 2.33. The van der Waals surface area contributed by atoms with E-state index in [1.165, 1.54) is 32.2 Å². The second kappa shape index (κ2) is 6.74. The van der Waals surface area contributed by atoms with Crippen LogP contribution in [0.5, 0.6) is 5.75 Å². The number of hydrogen-bond donors (Lipinski definition) is 1. The predicted molar refractivity (Wildman–Crippen MR) is 65.2 cm³/mol. The number of methoxy groups -OCH3 is 1. The molecule has 1 rings (SSSR count). The number of hydrogen-bond acceptors (Lipinski definition) is 2. The molecule has 1 N–H and O–H groups in total. The Morgan fingerprint density at radius 2 is 2.11 bits per heavy atom. The first kappa shape index (κ1) is 14.2. The summed E-state index contributed by atoms with van der Waals surface area (Å²) >= 11 is 0. The number of nitrogens with one attached hydrogen (secondary N) is 1. The fourth-order valence-electron chi connectivity index (χ4n) is 1.37. The fourth-order valence-corrected chi connectivity index (χ4v) is 1.37. The second-order valence-electron chi connectivity index (χ2n) is 3.66. The van der Waals surface area contributed by atoms with E-state index in [4.69, 9.17) is 0 Å². The van der Waals surface area contributed by atoms with E-state index in [9.17, 15) is 13.6 Å². The number of amides is 1. The zero-order chi connectivity index (χ0) is 13.5. The van der Waals surface area contributed by atoms with E-state index < -0.39 is 11.6 Å². The minimum Gasteiger partial charge on any atom is -0.494 e. The van der Waals surface area contributed by atoms with Crippen LogP contribution in [0.15, 0.2) is 18.2 Å². The van der Waals surface area contributed by atoms with Crippen LogP contribution in [0, 0.1) is 11.6 Å². The number of ether oxygens (including phenoxy) is 1. The Morgan fingerprint density at radius 3 is 2.72 bits per heavy atom. The molecule has 1 aromatic carbocycles. The summed E-state index contributed by atoms with van der Waals surface area (Å²) in [6.45, 7) is 1.88. The van der Waals surface area contributed by atoms with Gasteiger partial charge in [0.1, 0.15) is 0 Å². The zero-order valence-electron chi connectivity index (χ0n) is 10.3. The Balaban J connectivity index is 2.65. The number of carbonyl (C=O) groups is 1. The molecule has 3 nitrogen and oxygen atoms in total. The highest BCUT2D eigenvalue weighted by Crippen LogP contribution is 2.23. The highest BCUT2D eigenvalue weighted by Gasteiger charge is 2.11. The summed E-state index contributed by atoms with van der Waals surface area (Å²) in [6.07, 6.45) is 3.69. The molecule has 18 heavy (non-hydrogen) atoms. The summed E-state index contributed by atoms with van der Waals surface area (Å²) in [5, 5.41) is 2.60. The quantitative estimate of drug-likeness (QED) is 0.821. The standard InChI is InChI=1S/C13H15F2NO2/c1-9(17)16-8-4-3-5-10-6-7-11(18-2)13(15)12(10)14/h3,5-7H,4,8H2,1-2H3,(H,16,17).